The fourth-order valence-electron chi connectivity index (χ4n) is 4.78. The van der Waals surface area contributed by atoms with Crippen LogP contribution in [0.15, 0.2) is 51.3 Å². The Balaban J connectivity index is 1.47. The Morgan fingerprint density at radius 3 is 2.42 bits per heavy atom. The quantitative estimate of drug-likeness (QED) is 0.431. The van der Waals surface area contributed by atoms with Crippen molar-refractivity contribution in [1.29, 1.82) is 0 Å². The van der Waals surface area contributed by atoms with Crippen molar-refractivity contribution in [2.75, 3.05) is 19.5 Å². The van der Waals surface area contributed by atoms with Crippen LogP contribution in [0.1, 0.15) is 29.5 Å². The first-order valence-electron chi connectivity index (χ1n) is 11.3. The van der Waals surface area contributed by atoms with Gasteiger partial charge < -0.3 is 23.9 Å². The van der Waals surface area contributed by atoms with Gasteiger partial charge in [-0.1, -0.05) is 18.5 Å². The number of Topliss-reactive ketones (excluding diaryl/α,β-unsaturated/α-hetero) is 1. The summed E-state index contributed by atoms with van der Waals surface area (Å²) in [5, 5.41) is 2.96. The van der Waals surface area contributed by atoms with Gasteiger partial charge in [-0.25, -0.2) is 0 Å². The maximum absolute atomic E-state index is 13.6. The number of hydrogen-bond donors (Lipinski definition) is 1. The van der Waals surface area contributed by atoms with Crippen molar-refractivity contribution in [2.24, 2.45) is 5.92 Å². The molecule has 0 unspecified atom stereocenters. The smallest absolute Gasteiger partial charge is 0.449 e. The molecule has 1 aliphatic heterocycles. The molecule has 12 heteroatoms. The fraction of sp³-hybridized carbons (Fsp3) is 0.269. The number of halogens is 4. The second kappa shape index (κ2) is 8.80. The first-order chi connectivity index (χ1) is 17.9. The van der Waals surface area contributed by atoms with Crippen LogP contribution in [0, 0.1) is 5.92 Å². The van der Waals surface area contributed by atoms with Crippen molar-refractivity contribution in [3.05, 3.63) is 68.7 Å². The van der Waals surface area contributed by atoms with E-state index in [0.717, 1.165) is 0 Å². The highest BCUT2D eigenvalue weighted by molar-refractivity contribution is 6.36. The predicted molar refractivity (Wildman–Crippen MR) is 130 cm³/mol. The molecule has 38 heavy (non-hydrogen) atoms. The molecule has 0 saturated carbocycles. The second-order valence-corrected chi connectivity index (χ2v) is 9.29. The summed E-state index contributed by atoms with van der Waals surface area (Å²) in [5.74, 6) is -2.92. The van der Waals surface area contributed by atoms with Crippen molar-refractivity contribution in [1.82, 2.24) is 0 Å². The average Bonchev–Trinajstić information content (AvgIpc) is 3.17. The van der Waals surface area contributed by atoms with Crippen LogP contribution in [0.2, 0.25) is 5.02 Å². The van der Waals surface area contributed by atoms with Gasteiger partial charge in [-0.15, -0.1) is 0 Å². The third kappa shape index (κ3) is 3.80. The molecule has 1 aromatic heterocycles. The number of allylic oxidation sites excluding steroid dienone is 1. The Kier molecular flexibility index (Phi) is 5.94. The molecule has 2 aliphatic rings. The van der Waals surface area contributed by atoms with Gasteiger partial charge in [0, 0.05) is 35.5 Å². The number of methoxy groups -OCH3 is 2. The van der Waals surface area contributed by atoms with Crippen LogP contribution in [-0.4, -0.2) is 31.4 Å². The zero-order valence-electron chi connectivity index (χ0n) is 20.1. The number of alkyl halides is 3. The minimum Gasteiger partial charge on any atom is -0.496 e. The summed E-state index contributed by atoms with van der Waals surface area (Å²) in [5.41, 5.74) is -2.18. The third-order valence-corrected chi connectivity index (χ3v) is 6.98. The normalized spacial score (nSPS) is 20.8. The number of benzene rings is 2. The summed E-state index contributed by atoms with van der Waals surface area (Å²) in [4.78, 5) is 39.3. The van der Waals surface area contributed by atoms with Crippen LogP contribution >= 0.6 is 11.6 Å². The van der Waals surface area contributed by atoms with Crippen LogP contribution in [-0.2, 0) is 11.0 Å². The number of fused-ring (bicyclic) bond motifs is 2. The van der Waals surface area contributed by atoms with Gasteiger partial charge >= 0.3 is 6.18 Å². The van der Waals surface area contributed by atoms with Gasteiger partial charge in [0.15, 0.2) is 11.2 Å². The highest BCUT2D eigenvalue weighted by Gasteiger charge is 2.60. The topological polar surface area (TPSA) is 104 Å². The molecule has 0 bridgehead atoms. The average molecular weight is 550 g/mol. The van der Waals surface area contributed by atoms with Crippen molar-refractivity contribution in [3.63, 3.8) is 0 Å². The van der Waals surface area contributed by atoms with Crippen LogP contribution in [0.4, 0.5) is 18.9 Å². The number of ketones is 2. The Labute approximate surface area is 217 Å². The van der Waals surface area contributed by atoms with Crippen LogP contribution in [0.25, 0.3) is 11.0 Å². The Morgan fingerprint density at radius 2 is 1.79 bits per heavy atom. The van der Waals surface area contributed by atoms with E-state index in [1.807, 2.05) is 0 Å². The zero-order valence-corrected chi connectivity index (χ0v) is 20.9. The van der Waals surface area contributed by atoms with E-state index in [4.69, 9.17) is 30.2 Å². The van der Waals surface area contributed by atoms with Gasteiger partial charge in [0.25, 0.3) is 0 Å². The first-order valence-corrected chi connectivity index (χ1v) is 11.6. The molecule has 0 saturated heterocycles. The Bertz CT molecular complexity index is 1610. The molecule has 0 fully saturated rings. The lowest BCUT2D eigenvalue weighted by atomic mass is 9.74. The van der Waals surface area contributed by atoms with Crippen LogP contribution < -0.4 is 25.0 Å². The van der Waals surface area contributed by atoms with E-state index in [2.05, 4.69) is 5.32 Å². The summed E-state index contributed by atoms with van der Waals surface area (Å²) in [7, 11) is 2.75. The molecule has 198 valence electrons. The number of rotatable bonds is 4. The molecule has 2 heterocycles. The lowest BCUT2D eigenvalue weighted by molar-refractivity contribution is -0.152. The maximum atomic E-state index is 13.6. The summed E-state index contributed by atoms with van der Waals surface area (Å²) in [6, 6.07) is 5.79. The number of anilines is 1. The largest absolute Gasteiger partial charge is 0.496 e. The van der Waals surface area contributed by atoms with Crippen LogP contribution in [0.3, 0.4) is 0 Å². The predicted octanol–water partition coefficient (Wildman–Crippen LogP) is 5.40. The number of nitrogens with one attached hydrogen (secondary N) is 1. The minimum atomic E-state index is -4.80. The van der Waals surface area contributed by atoms with Gasteiger partial charge in [0.2, 0.25) is 22.9 Å². The zero-order chi connectivity index (χ0) is 27.6. The number of hydrogen-bond acceptors (Lipinski definition) is 8. The Morgan fingerprint density at radius 1 is 1.08 bits per heavy atom. The van der Waals surface area contributed by atoms with E-state index in [-0.39, 0.29) is 45.2 Å². The van der Waals surface area contributed by atoms with E-state index >= 15 is 0 Å². The number of carbonyl (C=O) groups is 2. The van der Waals surface area contributed by atoms with E-state index in [0.29, 0.717) is 17.5 Å². The van der Waals surface area contributed by atoms with Gasteiger partial charge in [-0.2, -0.15) is 13.2 Å². The van der Waals surface area contributed by atoms with E-state index in [1.165, 1.54) is 44.6 Å². The molecule has 1 spiro atoms. The molecule has 1 N–H and O–H groups in total. The molecule has 1 aliphatic carbocycles. The standard InChI is InChI=1S/C26H19ClF3NO7/c1-11-6-13(31-12-4-5-16-14(7-12)15(32)9-20(37-16)26(28,29)30)8-19(33)25(11)24(34)21-17(35-2)10-18(36-3)22(27)23(21)38-25/h4-5,7-11,31H,6H2,1-3H3/t11-,25+/m1/s1. The summed E-state index contributed by atoms with van der Waals surface area (Å²) < 4.78 is 60.3. The molecular formula is C26H19ClF3NO7. The third-order valence-electron chi connectivity index (χ3n) is 6.62. The van der Waals surface area contributed by atoms with E-state index in [1.54, 1.807) is 6.92 Å². The van der Waals surface area contributed by atoms with Gasteiger partial charge in [-0.05, 0) is 24.6 Å². The molecule has 0 radical (unpaired) electrons. The minimum absolute atomic E-state index is 0.00245. The van der Waals surface area contributed by atoms with Gasteiger partial charge in [0.1, 0.15) is 27.7 Å². The second-order valence-electron chi connectivity index (χ2n) is 8.91. The first kappa shape index (κ1) is 25.7. The van der Waals surface area contributed by atoms with Crippen molar-refractivity contribution >= 4 is 39.8 Å². The monoisotopic (exact) mass is 549 g/mol. The molecule has 5 rings (SSSR count). The Hall–Kier alpha value is -3.99. The summed E-state index contributed by atoms with van der Waals surface area (Å²) in [6.45, 7) is 1.67. The van der Waals surface area contributed by atoms with Gasteiger partial charge in [0.05, 0.1) is 19.6 Å². The van der Waals surface area contributed by atoms with Gasteiger partial charge in [-0.3, -0.25) is 14.4 Å². The molecule has 8 nitrogen and oxygen atoms in total. The van der Waals surface area contributed by atoms with E-state index < -0.39 is 40.5 Å². The maximum Gasteiger partial charge on any atom is 0.449 e. The molecule has 3 aromatic rings. The molecular weight excluding hydrogens is 531 g/mol. The summed E-state index contributed by atoms with van der Waals surface area (Å²) in [6.07, 6.45) is -3.40. The number of carbonyl (C=O) groups excluding carboxylic acids is 2. The van der Waals surface area contributed by atoms with Crippen LogP contribution in [0.5, 0.6) is 17.2 Å². The summed E-state index contributed by atoms with van der Waals surface area (Å²) >= 11 is 6.39. The van der Waals surface area contributed by atoms with Crippen molar-refractivity contribution in [2.45, 2.75) is 25.1 Å². The number of ether oxygens (including phenoxy) is 3. The molecule has 2 atom stereocenters. The molecule has 2 aromatic carbocycles. The lowest BCUT2D eigenvalue weighted by Gasteiger charge is -2.35. The molecule has 0 amide bonds. The fourth-order valence-corrected chi connectivity index (χ4v) is 5.04. The highest BCUT2D eigenvalue weighted by atomic mass is 35.5. The lowest BCUT2D eigenvalue weighted by Crippen LogP contribution is -2.55. The SMILES string of the molecule is COc1cc(OC)c2c(c1Cl)O[C@@]1(C(=O)C=C(Nc3ccc4oc(C(F)(F)F)cc(=O)c4c3)C[C@H]1C)C2=O. The van der Waals surface area contributed by atoms with E-state index in [9.17, 15) is 27.6 Å². The van der Waals surface area contributed by atoms with Crippen molar-refractivity contribution < 1.29 is 41.4 Å². The highest BCUT2D eigenvalue weighted by Crippen LogP contribution is 2.53. The van der Waals surface area contributed by atoms with Crippen molar-refractivity contribution in [3.8, 4) is 17.2 Å².